The first-order chi connectivity index (χ1) is 9.90. The minimum absolute atomic E-state index is 0.0618. The molecule has 0 radical (unpaired) electrons. The Hall–Kier alpha value is -1.68. The molecule has 0 aliphatic carbocycles. The van der Waals surface area contributed by atoms with Crippen molar-refractivity contribution < 1.29 is 4.74 Å². The lowest BCUT2D eigenvalue weighted by molar-refractivity contribution is 0.317. The smallest absolute Gasteiger partial charge is 0.130 e. The second kappa shape index (κ2) is 6.39. The summed E-state index contributed by atoms with van der Waals surface area (Å²) >= 11 is 5.28. The summed E-state index contributed by atoms with van der Waals surface area (Å²) in [5, 5.41) is 0. The quantitative estimate of drug-likeness (QED) is 0.817. The van der Waals surface area contributed by atoms with Crippen LogP contribution < -0.4 is 4.74 Å². The molecule has 1 heterocycles. The second-order valence-corrected chi connectivity index (χ2v) is 6.52. The molecule has 0 atom stereocenters. The summed E-state index contributed by atoms with van der Waals surface area (Å²) in [6.07, 6.45) is 1.01. The highest BCUT2D eigenvalue weighted by molar-refractivity contribution is 7.71. The van der Waals surface area contributed by atoms with E-state index in [0.29, 0.717) is 4.64 Å². The van der Waals surface area contributed by atoms with E-state index in [-0.39, 0.29) is 5.41 Å². The van der Waals surface area contributed by atoms with Gasteiger partial charge in [-0.2, -0.15) is 0 Å². The minimum atomic E-state index is -0.0618. The van der Waals surface area contributed by atoms with E-state index in [0.717, 1.165) is 35.9 Å². The number of aromatic nitrogens is 2. The fourth-order valence-corrected chi connectivity index (χ4v) is 2.13. The highest BCUT2D eigenvalue weighted by Crippen LogP contribution is 2.24. The summed E-state index contributed by atoms with van der Waals surface area (Å²) in [6.45, 7) is 9.19. The number of hydrogen-bond donors (Lipinski definition) is 1. The maximum atomic E-state index is 5.60. The van der Waals surface area contributed by atoms with E-state index >= 15 is 0 Å². The van der Waals surface area contributed by atoms with Gasteiger partial charge in [0.05, 0.1) is 6.61 Å². The SMILES string of the molecule is CCCOc1ccc(-c2cc(=S)nc(C(C)(C)C)[nH]2)cc1. The van der Waals surface area contributed by atoms with Crippen molar-refractivity contribution in [2.24, 2.45) is 0 Å². The van der Waals surface area contributed by atoms with Gasteiger partial charge in [0.25, 0.3) is 0 Å². The van der Waals surface area contributed by atoms with E-state index in [1.165, 1.54) is 0 Å². The van der Waals surface area contributed by atoms with Crippen molar-refractivity contribution in [2.45, 2.75) is 39.5 Å². The van der Waals surface area contributed by atoms with Crippen LogP contribution in [0.25, 0.3) is 11.3 Å². The Labute approximate surface area is 131 Å². The average molecular weight is 302 g/mol. The molecule has 0 spiro atoms. The summed E-state index contributed by atoms with van der Waals surface area (Å²) < 4.78 is 6.22. The first-order valence-electron chi connectivity index (χ1n) is 7.25. The highest BCUT2D eigenvalue weighted by Gasteiger charge is 2.17. The molecule has 0 saturated heterocycles. The Morgan fingerprint density at radius 2 is 1.86 bits per heavy atom. The molecule has 1 aromatic heterocycles. The van der Waals surface area contributed by atoms with Gasteiger partial charge in [0.15, 0.2) is 0 Å². The van der Waals surface area contributed by atoms with Crippen LogP contribution in [0.15, 0.2) is 30.3 Å². The molecule has 1 aromatic carbocycles. The molecule has 0 aliphatic rings. The number of nitrogens with zero attached hydrogens (tertiary/aromatic N) is 1. The summed E-state index contributed by atoms with van der Waals surface area (Å²) in [4.78, 5) is 7.81. The first kappa shape index (κ1) is 15.7. The van der Waals surface area contributed by atoms with Crippen molar-refractivity contribution in [2.75, 3.05) is 6.61 Å². The van der Waals surface area contributed by atoms with Gasteiger partial charge in [-0.05, 0) is 42.3 Å². The number of H-pyrrole nitrogens is 1. The van der Waals surface area contributed by atoms with Crippen molar-refractivity contribution in [1.29, 1.82) is 0 Å². The van der Waals surface area contributed by atoms with Crippen LogP contribution in [0.1, 0.15) is 39.9 Å². The predicted molar refractivity (Wildman–Crippen MR) is 89.3 cm³/mol. The largest absolute Gasteiger partial charge is 0.494 e. The van der Waals surface area contributed by atoms with Crippen molar-refractivity contribution in [3.63, 3.8) is 0 Å². The lowest BCUT2D eigenvalue weighted by Gasteiger charge is -2.18. The molecule has 2 rings (SSSR count). The molecule has 2 aromatic rings. The normalized spacial score (nSPS) is 11.4. The molecule has 1 N–H and O–H groups in total. The average Bonchev–Trinajstić information content (AvgIpc) is 2.44. The van der Waals surface area contributed by atoms with Crippen LogP contribution in [-0.4, -0.2) is 16.6 Å². The van der Waals surface area contributed by atoms with Crippen LogP contribution in [0.5, 0.6) is 5.75 Å². The van der Waals surface area contributed by atoms with E-state index in [4.69, 9.17) is 17.0 Å². The Morgan fingerprint density at radius 1 is 1.19 bits per heavy atom. The van der Waals surface area contributed by atoms with Crippen LogP contribution in [0.4, 0.5) is 0 Å². The zero-order chi connectivity index (χ0) is 15.5. The summed E-state index contributed by atoms with van der Waals surface area (Å²) in [5.74, 6) is 1.79. The third kappa shape index (κ3) is 4.14. The number of ether oxygens (including phenoxy) is 1. The monoisotopic (exact) mass is 302 g/mol. The minimum Gasteiger partial charge on any atom is -0.494 e. The predicted octanol–water partition coefficient (Wildman–Crippen LogP) is 4.89. The summed E-state index contributed by atoms with van der Waals surface area (Å²) in [5.41, 5.74) is 2.01. The number of nitrogens with one attached hydrogen (secondary N) is 1. The van der Waals surface area contributed by atoms with Gasteiger partial charge in [-0.25, -0.2) is 4.98 Å². The number of rotatable bonds is 4. The van der Waals surface area contributed by atoms with Crippen LogP contribution >= 0.6 is 12.2 Å². The van der Waals surface area contributed by atoms with Gasteiger partial charge in [0.2, 0.25) is 0 Å². The Balaban J connectivity index is 2.33. The maximum absolute atomic E-state index is 5.60. The van der Waals surface area contributed by atoms with Gasteiger partial charge in [-0.3, -0.25) is 0 Å². The Bertz CT molecular complexity index is 654. The van der Waals surface area contributed by atoms with E-state index in [2.05, 4.69) is 37.7 Å². The van der Waals surface area contributed by atoms with Crippen molar-refractivity contribution in [3.8, 4) is 17.0 Å². The maximum Gasteiger partial charge on any atom is 0.130 e. The number of aromatic amines is 1. The number of benzene rings is 1. The lowest BCUT2D eigenvalue weighted by Crippen LogP contribution is -2.16. The van der Waals surface area contributed by atoms with Gasteiger partial charge in [-0.15, -0.1) is 0 Å². The topological polar surface area (TPSA) is 37.9 Å². The molecular weight excluding hydrogens is 280 g/mol. The third-order valence-corrected chi connectivity index (χ3v) is 3.30. The molecule has 0 fully saturated rings. The lowest BCUT2D eigenvalue weighted by atomic mass is 9.95. The van der Waals surface area contributed by atoms with Gasteiger partial charge < -0.3 is 9.72 Å². The Kier molecular flexibility index (Phi) is 4.78. The van der Waals surface area contributed by atoms with Crippen LogP contribution in [0.3, 0.4) is 0 Å². The Morgan fingerprint density at radius 3 is 2.43 bits per heavy atom. The van der Waals surface area contributed by atoms with E-state index in [1.54, 1.807) is 0 Å². The van der Waals surface area contributed by atoms with Gasteiger partial charge in [0, 0.05) is 11.1 Å². The zero-order valence-electron chi connectivity index (χ0n) is 13.1. The van der Waals surface area contributed by atoms with E-state index in [9.17, 15) is 0 Å². The van der Waals surface area contributed by atoms with E-state index < -0.39 is 0 Å². The molecule has 0 saturated carbocycles. The highest BCUT2D eigenvalue weighted by atomic mass is 32.1. The first-order valence-corrected chi connectivity index (χ1v) is 7.66. The molecule has 0 aliphatic heterocycles. The molecule has 0 bridgehead atoms. The molecule has 0 amide bonds. The molecule has 4 heteroatoms. The fraction of sp³-hybridized carbons (Fsp3) is 0.412. The fourth-order valence-electron chi connectivity index (χ4n) is 1.92. The van der Waals surface area contributed by atoms with Gasteiger partial charge in [-0.1, -0.05) is 39.9 Å². The van der Waals surface area contributed by atoms with Gasteiger partial charge >= 0.3 is 0 Å². The second-order valence-electron chi connectivity index (χ2n) is 6.10. The molecule has 3 nitrogen and oxygen atoms in total. The third-order valence-electron chi connectivity index (χ3n) is 3.09. The van der Waals surface area contributed by atoms with E-state index in [1.807, 2.05) is 30.3 Å². The molecule has 112 valence electrons. The van der Waals surface area contributed by atoms with Crippen molar-refractivity contribution >= 4 is 12.2 Å². The van der Waals surface area contributed by atoms with Crippen LogP contribution in [0.2, 0.25) is 0 Å². The van der Waals surface area contributed by atoms with Gasteiger partial charge in [0.1, 0.15) is 16.2 Å². The molecule has 0 unspecified atom stereocenters. The summed E-state index contributed by atoms with van der Waals surface area (Å²) in [6, 6.07) is 9.95. The van der Waals surface area contributed by atoms with Crippen molar-refractivity contribution in [3.05, 3.63) is 40.8 Å². The zero-order valence-corrected chi connectivity index (χ0v) is 13.9. The van der Waals surface area contributed by atoms with Crippen LogP contribution in [-0.2, 0) is 5.41 Å². The standard InChI is InChI=1S/C17H22N2OS/c1-5-10-20-13-8-6-12(7-9-13)14-11-15(21)19-16(18-14)17(2,3)4/h6-9,11H,5,10H2,1-4H3,(H,18,19,21). The van der Waals surface area contributed by atoms with Crippen molar-refractivity contribution in [1.82, 2.24) is 9.97 Å². The van der Waals surface area contributed by atoms with Crippen LogP contribution in [0, 0.1) is 4.64 Å². The molecular formula is C17H22N2OS. The molecule has 21 heavy (non-hydrogen) atoms. The summed E-state index contributed by atoms with van der Waals surface area (Å²) in [7, 11) is 0. The number of hydrogen-bond acceptors (Lipinski definition) is 3.